The number of imidazole rings is 1. The van der Waals surface area contributed by atoms with Crippen molar-refractivity contribution >= 4 is 15.9 Å². The van der Waals surface area contributed by atoms with Gasteiger partial charge >= 0.3 is 0 Å². The maximum absolute atomic E-state index is 11.8. The molecule has 2 rings (SSSR count). The molecule has 1 aromatic heterocycles. The normalized spacial score (nSPS) is 22.3. The number of nitrogens with two attached hydrogens (primary N) is 1. The van der Waals surface area contributed by atoms with E-state index in [9.17, 15) is 13.2 Å². The van der Waals surface area contributed by atoms with E-state index in [1.807, 2.05) is 0 Å². The number of aromatic amines is 1. The van der Waals surface area contributed by atoms with Gasteiger partial charge in [-0.25, -0.2) is 13.4 Å². The van der Waals surface area contributed by atoms with Crippen molar-refractivity contribution in [2.75, 3.05) is 6.54 Å². The molecule has 0 spiro atoms. The van der Waals surface area contributed by atoms with E-state index in [0.717, 1.165) is 4.31 Å². The van der Waals surface area contributed by atoms with Crippen LogP contribution in [0.15, 0.2) is 17.6 Å². The smallest absolute Gasteiger partial charge is 0.277 e. The molecular formula is C7H10N4O3S. The highest BCUT2D eigenvalue weighted by Gasteiger charge is 2.42. The van der Waals surface area contributed by atoms with E-state index in [4.69, 9.17) is 5.73 Å². The number of sulfonamides is 1. The third-order valence-corrected chi connectivity index (χ3v) is 4.09. The van der Waals surface area contributed by atoms with Crippen molar-refractivity contribution in [1.29, 1.82) is 0 Å². The lowest BCUT2D eigenvalue weighted by atomic mass is 10.1. The van der Waals surface area contributed by atoms with Crippen LogP contribution in [0.2, 0.25) is 0 Å². The maximum atomic E-state index is 11.8. The maximum Gasteiger partial charge on any atom is 0.277 e. The third-order valence-electron chi connectivity index (χ3n) is 2.33. The molecule has 1 aromatic rings. The standard InChI is InChI=1S/C7H10N4O3S/c8-6(12)5-1-4-11(5)15(13,14)7-9-2-3-10-7/h2-3,5H,1,4H2,(H2,8,12)(H,9,10). The van der Waals surface area contributed by atoms with Crippen molar-refractivity contribution in [1.82, 2.24) is 14.3 Å². The zero-order valence-corrected chi connectivity index (χ0v) is 8.57. The first-order valence-electron chi connectivity index (χ1n) is 4.34. The third kappa shape index (κ3) is 1.51. The Balaban J connectivity index is 2.28. The quantitative estimate of drug-likeness (QED) is 0.669. The van der Waals surface area contributed by atoms with Crippen LogP contribution >= 0.6 is 0 Å². The van der Waals surface area contributed by atoms with E-state index in [1.54, 1.807) is 0 Å². The molecule has 0 aliphatic carbocycles. The number of nitrogens with one attached hydrogen (secondary N) is 1. The zero-order chi connectivity index (χ0) is 11.1. The fourth-order valence-electron chi connectivity index (χ4n) is 1.44. The zero-order valence-electron chi connectivity index (χ0n) is 7.75. The molecule has 1 atom stereocenters. The van der Waals surface area contributed by atoms with Gasteiger partial charge < -0.3 is 10.7 Å². The summed E-state index contributed by atoms with van der Waals surface area (Å²) < 4.78 is 24.7. The number of primary amides is 1. The van der Waals surface area contributed by atoms with Crippen molar-refractivity contribution in [2.24, 2.45) is 5.73 Å². The SMILES string of the molecule is NC(=O)C1CCN1S(=O)(=O)c1ncc[nH]1. The van der Waals surface area contributed by atoms with Gasteiger partial charge in [-0.2, -0.15) is 4.31 Å². The van der Waals surface area contributed by atoms with Gasteiger partial charge in [-0.15, -0.1) is 0 Å². The Kier molecular flexibility index (Phi) is 2.24. The summed E-state index contributed by atoms with van der Waals surface area (Å²) >= 11 is 0. The Morgan fingerprint density at radius 1 is 1.67 bits per heavy atom. The number of carbonyl (C=O) groups excluding carboxylic acids is 1. The van der Waals surface area contributed by atoms with Crippen LogP contribution in [0.4, 0.5) is 0 Å². The highest BCUT2D eigenvalue weighted by molar-refractivity contribution is 7.89. The lowest BCUT2D eigenvalue weighted by Crippen LogP contribution is -2.57. The lowest BCUT2D eigenvalue weighted by molar-refractivity contribution is -0.124. The molecule has 1 aliphatic heterocycles. The fraction of sp³-hybridized carbons (Fsp3) is 0.429. The van der Waals surface area contributed by atoms with E-state index >= 15 is 0 Å². The van der Waals surface area contributed by atoms with Gasteiger partial charge in [-0.3, -0.25) is 4.79 Å². The van der Waals surface area contributed by atoms with Crippen LogP contribution in [-0.4, -0.2) is 41.2 Å². The molecule has 1 amide bonds. The molecule has 1 fully saturated rings. The van der Waals surface area contributed by atoms with Gasteiger partial charge in [0.2, 0.25) is 11.1 Å². The summed E-state index contributed by atoms with van der Waals surface area (Å²) in [5.41, 5.74) is 5.06. The van der Waals surface area contributed by atoms with Crippen molar-refractivity contribution in [2.45, 2.75) is 17.6 Å². The predicted molar refractivity (Wildman–Crippen MR) is 50.1 cm³/mol. The number of aromatic nitrogens is 2. The second kappa shape index (κ2) is 3.31. The van der Waals surface area contributed by atoms with Crippen LogP contribution in [-0.2, 0) is 14.8 Å². The summed E-state index contributed by atoms with van der Waals surface area (Å²) in [6.45, 7) is 0.302. The highest BCUT2D eigenvalue weighted by atomic mass is 32.2. The van der Waals surface area contributed by atoms with Crippen molar-refractivity contribution < 1.29 is 13.2 Å². The molecule has 0 saturated carbocycles. The largest absolute Gasteiger partial charge is 0.368 e. The predicted octanol–water partition coefficient (Wildman–Crippen LogP) is -1.34. The topological polar surface area (TPSA) is 109 Å². The van der Waals surface area contributed by atoms with Crippen LogP contribution in [0, 0.1) is 0 Å². The minimum absolute atomic E-state index is 0.159. The van der Waals surface area contributed by atoms with E-state index < -0.39 is 22.0 Å². The Hall–Kier alpha value is -1.41. The molecule has 15 heavy (non-hydrogen) atoms. The average molecular weight is 230 g/mol. The van der Waals surface area contributed by atoms with Gasteiger partial charge in [-0.1, -0.05) is 0 Å². The van der Waals surface area contributed by atoms with Gasteiger partial charge in [0, 0.05) is 18.9 Å². The number of amides is 1. The van der Waals surface area contributed by atoms with Crippen LogP contribution in [0.3, 0.4) is 0 Å². The number of hydrogen-bond donors (Lipinski definition) is 2. The van der Waals surface area contributed by atoms with Gasteiger partial charge in [0.25, 0.3) is 10.0 Å². The van der Waals surface area contributed by atoms with E-state index in [1.165, 1.54) is 12.4 Å². The molecule has 7 nitrogen and oxygen atoms in total. The van der Waals surface area contributed by atoms with Gasteiger partial charge in [-0.05, 0) is 6.42 Å². The number of H-pyrrole nitrogens is 1. The molecular weight excluding hydrogens is 220 g/mol. The van der Waals surface area contributed by atoms with Crippen LogP contribution in [0.1, 0.15) is 6.42 Å². The first-order chi connectivity index (χ1) is 7.03. The first-order valence-corrected chi connectivity index (χ1v) is 5.78. The average Bonchev–Trinajstić information content (AvgIpc) is 2.50. The lowest BCUT2D eigenvalue weighted by Gasteiger charge is -2.36. The minimum Gasteiger partial charge on any atom is -0.368 e. The molecule has 0 aromatic carbocycles. The van der Waals surface area contributed by atoms with E-state index in [-0.39, 0.29) is 5.16 Å². The summed E-state index contributed by atoms with van der Waals surface area (Å²) in [6, 6.07) is -0.736. The number of hydrogen-bond acceptors (Lipinski definition) is 4. The summed E-state index contributed by atoms with van der Waals surface area (Å²) in [5, 5.41) is -0.159. The molecule has 82 valence electrons. The molecule has 3 N–H and O–H groups in total. The Morgan fingerprint density at radius 2 is 2.40 bits per heavy atom. The Labute approximate surface area is 86.3 Å². The Morgan fingerprint density at radius 3 is 2.80 bits per heavy atom. The highest BCUT2D eigenvalue weighted by Crippen LogP contribution is 2.24. The van der Waals surface area contributed by atoms with Crippen molar-refractivity contribution in [3.05, 3.63) is 12.4 Å². The molecule has 2 heterocycles. The first kappa shape index (κ1) is 10.1. The second-order valence-corrected chi connectivity index (χ2v) is 5.02. The van der Waals surface area contributed by atoms with Crippen LogP contribution < -0.4 is 5.73 Å². The van der Waals surface area contributed by atoms with Gasteiger partial charge in [0.05, 0.1) is 0 Å². The summed E-state index contributed by atoms with van der Waals surface area (Å²) in [6.07, 6.45) is 3.22. The molecule has 1 aliphatic rings. The number of rotatable bonds is 3. The number of carbonyl (C=O) groups is 1. The van der Waals surface area contributed by atoms with Crippen molar-refractivity contribution in [3.8, 4) is 0 Å². The van der Waals surface area contributed by atoms with Crippen LogP contribution in [0.25, 0.3) is 0 Å². The monoisotopic (exact) mass is 230 g/mol. The van der Waals surface area contributed by atoms with Gasteiger partial charge in [0.15, 0.2) is 0 Å². The summed E-state index contributed by atoms with van der Waals surface area (Å²) in [7, 11) is -3.69. The van der Waals surface area contributed by atoms with Crippen molar-refractivity contribution in [3.63, 3.8) is 0 Å². The molecule has 0 radical (unpaired) electrons. The second-order valence-electron chi connectivity index (χ2n) is 3.22. The van der Waals surface area contributed by atoms with E-state index in [2.05, 4.69) is 9.97 Å². The molecule has 8 heteroatoms. The summed E-state index contributed by atoms with van der Waals surface area (Å²) in [5.74, 6) is -0.628. The summed E-state index contributed by atoms with van der Waals surface area (Å²) in [4.78, 5) is 17.0. The molecule has 0 bridgehead atoms. The number of nitrogens with zero attached hydrogens (tertiary/aromatic N) is 2. The van der Waals surface area contributed by atoms with Gasteiger partial charge in [0.1, 0.15) is 6.04 Å². The van der Waals surface area contributed by atoms with E-state index in [0.29, 0.717) is 13.0 Å². The molecule has 1 unspecified atom stereocenters. The van der Waals surface area contributed by atoms with Crippen LogP contribution in [0.5, 0.6) is 0 Å². The minimum atomic E-state index is -3.69. The fourth-order valence-corrected chi connectivity index (χ4v) is 2.96. The molecule has 1 saturated heterocycles. The Bertz CT molecular complexity index is 466.